The van der Waals surface area contributed by atoms with Crippen LogP contribution in [0.4, 0.5) is 5.82 Å². The van der Waals surface area contributed by atoms with E-state index in [-0.39, 0.29) is 28.9 Å². The van der Waals surface area contributed by atoms with Crippen LogP contribution in [0.5, 0.6) is 5.75 Å². The predicted molar refractivity (Wildman–Crippen MR) is 144 cm³/mol. The van der Waals surface area contributed by atoms with Crippen molar-refractivity contribution in [2.45, 2.75) is 45.9 Å². The predicted octanol–water partition coefficient (Wildman–Crippen LogP) is 3.31. The van der Waals surface area contributed by atoms with Crippen LogP contribution >= 0.6 is 11.6 Å². The van der Waals surface area contributed by atoms with Crippen LogP contribution in [0.1, 0.15) is 43.6 Å². The lowest BCUT2D eigenvalue weighted by atomic mass is 9.49. The lowest BCUT2D eigenvalue weighted by Gasteiger charge is -2.63. The van der Waals surface area contributed by atoms with Gasteiger partial charge in [0.1, 0.15) is 23.7 Å². The molecule has 0 unspecified atom stereocenters. The van der Waals surface area contributed by atoms with Gasteiger partial charge in [0.2, 0.25) is 0 Å². The monoisotopic (exact) mass is 522 g/mol. The van der Waals surface area contributed by atoms with E-state index in [1.54, 1.807) is 24.4 Å². The first-order valence-corrected chi connectivity index (χ1v) is 13.3. The highest BCUT2D eigenvalue weighted by Gasteiger charge is 2.64. The molecule has 9 heteroatoms. The van der Waals surface area contributed by atoms with Crippen LogP contribution in [-0.2, 0) is 0 Å². The molecule has 0 spiro atoms. The number of nitrogens with one attached hydrogen (secondary N) is 2. The first kappa shape index (κ1) is 25.8. The molecule has 3 fully saturated rings. The number of hydrogen-bond acceptors (Lipinski definition) is 7. The molecule has 0 atom stereocenters. The minimum Gasteiger partial charge on any atom is -0.489 e. The molecule has 1 saturated carbocycles. The summed E-state index contributed by atoms with van der Waals surface area (Å²) in [6.07, 6.45) is 1.53. The molecule has 37 heavy (non-hydrogen) atoms. The molecule has 3 heterocycles. The van der Waals surface area contributed by atoms with Crippen LogP contribution in [0.2, 0.25) is 5.02 Å². The second-order valence-electron chi connectivity index (χ2n) is 11.5. The third-order valence-corrected chi connectivity index (χ3v) is 8.67. The Morgan fingerprint density at radius 1 is 1.14 bits per heavy atom. The molecule has 5 rings (SSSR count). The second kappa shape index (κ2) is 9.79. The molecule has 2 aromatic rings. The summed E-state index contributed by atoms with van der Waals surface area (Å²) in [4.78, 5) is 22.6. The number of hydrogen-bond donors (Lipinski definition) is 2. The van der Waals surface area contributed by atoms with Gasteiger partial charge in [-0.15, -0.1) is 0 Å². The third-order valence-electron chi connectivity index (χ3n) is 8.35. The number of amides is 1. The molecule has 1 aliphatic carbocycles. The van der Waals surface area contributed by atoms with Gasteiger partial charge >= 0.3 is 0 Å². The van der Waals surface area contributed by atoms with Crippen molar-refractivity contribution in [2.75, 3.05) is 44.2 Å². The van der Waals surface area contributed by atoms with E-state index in [1.165, 1.54) is 0 Å². The maximum Gasteiger partial charge on any atom is 0.253 e. The van der Waals surface area contributed by atoms with Gasteiger partial charge in [-0.2, -0.15) is 5.26 Å². The zero-order valence-corrected chi connectivity index (χ0v) is 22.7. The topological polar surface area (TPSA) is 93.5 Å². The number of benzene rings is 1. The molecule has 8 nitrogen and oxygen atoms in total. The number of carbonyl (C=O) groups excluding carboxylic acids is 1. The average Bonchev–Trinajstić information content (AvgIpc) is 2.85. The van der Waals surface area contributed by atoms with Crippen LogP contribution in [0.15, 0.2) is 36.5 Å². The van der Waals surface area contributed by atoms with E-state index in [0.29, 0.717) is 27.9 Å². The number of halogens is 1. The lowest BCUT2D eigenvalue weighted by Crippen LogP contribution is -2.74. The van der Waals surface area contributed by atoms with Crippen molar-refractivity contribution < 1.29 is 9.53 Å². The van der Waals surface area contributed by atoms with Crippen molar-refractivity contribution in [2.24, 2.45) is 10.8 Å². The summed E-state index contributed by atoms with van der Waals surface area (Å²) in [6.45, 7) is 14.6. The fourth-order valence-electron chi connectivity index (χ4n) is 6.37. The molecular formula is C28H35ClN6O2. The zero-order chi connectivity index (χ0) is 26.4. The average molecular weight is 523 g/mol. The van der Waals surface area contributed by atoms with Crippen LogP contribution in [-0.4, -0.2) is 73.2 Å². The van der Waals surface area contributed by atoms with Gasteiger partial charge in [-0.05, 0) is 24.3 Å². The highest BCUT2D eigenvalue weighted by molar-refractivity contribution is 6.31. The molecule has 2 N–H and O–H groups in total. The van der Waals surface area contributed by atoms with Gasteiger partial charge in [-0.3, -0.25) is 9.69 Å². The van der Waals surface area contributed by atoms with Gasteiger partial charge in [0.15, 0.2) is 0 Å². The van der Waals surface area contributed by atoms with Crippen LogP contribution < -0.4 is 20.3 Å². The van der Waals surface area contributed by atoms with Gasteiger partial charge in [0.25, 0.3) is 5.91 Å². The molecule has 3 aliphatic rings. The number of nitrogens with zero attached hydrogens (tertiary/aromatic N) is 4. The van der Waals surface area contributed by atoms with Crippen LogP contribution in [0.25, 0.3) is 0 Å². The third kappa shape index (κ3) is 4.76. The molecule has 1 aromatic heterocycles. The second-order valence-corrected chi connectivity index (χ2v) is 11.9. The van der Waals surface area contributed by atoms with E-state index in [9.17, 15) is 4.79 Å². The molecule has 0 bridgehead atoms. The zero-order valence-electron chi connectivity index (χ0n) is 21.9. The molecule has 1 aromatic carbocycles. The fourth-order valence-corrected chi connectivity index (χ4v) is 6.58. The molecule has 0 radical (unpaired) electrons. The Morgan fingerprint density at radius 3 is 2.38 bits per heavy atom. The first-order chi connectivity index (χ1) is 17.6. The van der Waals surface area contributed by atoms with E-state index < -0.39 is 0 Å². The van der Waals surface area contributed by atoms with Gasteiger partial charge in [-0.1, -0.05) is 39.3 Å². The van der Waals surface area contributed by atoms with Crippen molar-refractivity contribution in [3.8, 4) is 11.8 Å². The molecule has 196 valence electrons. The Bertz CT molecular complexity index is 1180. The Balaban J connectivity index is 1.19. The van der Waals surface area contributed by atoms with Crippen LogP contribution in [0.3, 0.4) is 0 Å². The summed E-state index contributed by atoms with van der Waals surface area (Å²) in [5, 5.41) is 16.1. The number of pyridine rings is 1. The van der Waals surface area contributed by atoms with Gasteiger partial charge in [-0.25, -0.2) is 4.98 Å². The highest BCUT2D eigenvalue weighted by atomic mass is 35.5. The maximum atomic E-state index is 13.2. The number of anilines is 1. The van der Waals surface area contributed by atoms with Crippen molar-refractivity contribution in [3.05, 3.63) is 52.7 Å². The highest BCUT2D eigenvalue weighted by Crippen LogP contribution is 2.55. The van der Waals surface area contributed by atoms with Crippen molar-refractivity contribution in [3.63, 3.8) is 0 Å². The Morgan fingerprint density at radius 2 is 1.84 bits per heavy atom. The standard InChI is InChI=1S/C28H35ClN6O2/c1-27(2)25(28(3,4)26(27)37-21-7-5-18(14-30)22(29)13-21)33-24(36)19-6-8-23(32-15-19)35-11-9-34(10-12-35)20-16-31-17-20/h5-8,13,15,20,25-26,31H,9-12,16-17H2,1-4H3,(H,33,36)/t25-,26-. The van der Waals surface area contributed by atoms with Crippen molar-refractivity contribution >= 4 is 23.3 Å². The Labute approximate surface area is 223 Å². The Hall–Kier alpha value is -2.86. The van der Waals surface area contributed by atoms with E-state index in [0.717, 1.165) is 45.1 Å². The van der Waals surface area contributed by atoms with E-state index >= 15 is 0 Å². The smallest absolute Gasteiger partial charge is 0.253 e. The normalized spacial score (nSPS) is 24.9. The number of ether oxygens (including phenoxy) is 1. The summed E-state index contributed by atoms with van der Waals surface area (Å²) in [5.74, 6) is 1.40. The van der Waals surface area contributed by atoms with E-state index in [2.05, 4.69) is 59.2 Å². The minimum absolute atomic E-state index is 0.0971. The fraction of sp³-hybridized carbons (Fsp3) is 0.536. The summed E-state index contributed by atoms with van der Waals surface area (Å²) in [6, 6.07) is 11.6. The minimum atomic E-state index is -0.317. The number of nitriles is 1. The largest absolute Gasteiger partial charge is 0.489 e. The van der Waals surface area contributed by atoms with Gasteiger partial charge in [0, 0.05) is 74.4 Å². The summed E-state index contributed by atoms with van der Waals surface area (Å²) in [7, 11) is 0. The Kier molecular flexibility index (Phi) is 6.82. The van der Waals surface area contributed by atoms with E-state index in [4.69, 9.17) is 21.6 Å². The number of carbonyl (C=O) groups is 1. The summed E-state index contributed by atoms with van der Waals surface area (Å²) in [5.41, 5.74) is 0.336. The summed E-state index contributed by atoms with van der Waals surface area (Å²) < 4.78 is 6.32. The number of rotatable bonds is 6. The SMILES string of the molecule is CC1(C)[C@H](NC(=O)c2ccc(N3CCN(C4CNC4)CC3)nc2)C(C)(C)[C@H]1Oc1ccc(C#N)c(Cl)c1. The van der Waals surface area contributed by atoms with E-state index in [1.807, 2.05) is 12.1 Å². The van der Waals surface area contributed by atoms with Crippen molar-refractivity contribution in [1.82, 2.24) is 20.5 Å². The molecular weight excluding hydrogens is 488 g/mol. The van der Waals surface area contributed by atoms with Crippen LogP contribution in [0, 0.1) is 22.2 Å². The maximum absolute atomic E-state index is 13.2. The first-order valence-electron chi connectivity index (χ1n) is 12.9. The van der Waals surface area contributed by atoms with Gasteiger partial charge in [0.05, 0.1) is 16.1 Å². The molecule has 1 amide bonds. The quantitative estimate of drug-likeness (QED) is 0.601. The lowest BCUT2D eigenvalue weighted by molar-refractivity contribution is -0.164. The molecule has 2 aliphatic heterocycles. The molecule has 2 saturated heterocycles. The number of aromatic nitrogens is 1. The van der Waals surface area contributed by atoms with Gasteiger partial charge < -0.3 is 20.3 Å². The summed E-state index contributed by atoms with van der Waals surface area (Å²) >= 11 is 6.20. The number of piperazine rings is 1. The van der Waals surface area contributed by atoms with Crippen molar-refractivity contribution in [1.29, 1.82) is 5.26 Å².